The maximum absolute atomic E-state index is 12.5. The van der Waals surface area contributed by atoms with Crippen LogP contribution in [0.5, 0.6) is 0 Å². The maximum atomic E-state index is 12.5. The van der Waals surface area contributed by atoms with Crippen LogP contribution in [0.15, 0.2) is 54.6 Å². The lowest BCUT2D eigenvalue weighted by atomic mass is 10.2. The van der Waals surface area contributed by atoms with Crippen LogP contribution in [0.3, 0.4) is 0 Å². The number of rotatable bonds is 3. The molecular weight excluding hydrogens is 338 g/mol. The van der Waals surface area contributed by atoms with Gasteiger partial charge >= 0.3 is 6.03 Å². The van der Waals surface area contributed by atoms with Gasteiger partial charge in [0.15, 0.2) is 0 Å². The highest BCUT2D eigenvalue weighted by Gasteiger charge is 2.24. The smallest absolute Gasteiger partial charge is 0.317 e. The van der Waals surface area contributed by atoms with Crippen molar-refractivity contribution in [2.75, 3.05) is 26.2 Å². The molecule has 1 N–H and O–H groups in total. The van der Waals surface area contributed by atoms with Gasteiger partial charge in [0.25, 0.3) is 5.91 Å². The van der Waals surface area contributed by atoms with Crippen LogP contribution in [0, 0.1) is 0 Å². The van der Waals surface area contributed by atoms with Crippen LogP contribution in [0.25, 0.3) is 0 Å². The van der Waals surface area contributed by atoms with E-state index >= 15 is 0 Å². The van der Waals surface area contributed by atoms with Crippen LogP contribution in [-0.4, -0.2) is 47.9 Å². The number of nitrogens with zero attached hydrogens (tertiary/aromatic N) is 2. The Kier molecular flexibility index (Phi) is 5.56. The van der Waals surface area contributed by atoms with Crippen molar-refractivity contribution in [3.05, 3.63) is 70.7 Å². The predicted molar refractivity (Wildman–Crippen MR) is 97.6 cm³/mol. The standard InChI is InChI=1S/C19H20ClN3O2/c20-17-8-4-7-16(13-17)18(24)22-9-11-23(12-10-22)19(25)21-14-15-5-2-1-3-6-15/h1-8,13H,9-12,14H2,(H,21,25). The summed E-state index contributed by atoms with van der Waals surface area (Å²) in [6.45, 7) is 2.58. The molecule has 0 bridgehead atoms. The lowest BCUT2D eigenvalue weighted by molar-refractivity contribution is 0.0665. The minimum absolute atomic E-state index is 0.0492. The molecule has 0 unspecified atom stereocenters. The fraction of sp³-hybridized carbons (Fsp3) is 0.263. The number of carbonyl (C=O) groups excluding carboxylic acids is 2. The van der Waals surface area contributed by atoms with Gasteiger partial charge in [-0.15, -0.1) is 0 Å². The van der Waals surface area contributed by atoms with Crippen LogP contribution >= 0.6 is 11.6 Å². The molecule has 3 amide bonds. The zero-order valence-corrected chi connectivity index (χ0v) is 14.6. The summed E-state index contributed by atoms with van der Waals surface area (Å²) >= 11 is 5.95. The van der Waals surface area contributed by atoms with E-state index in [4.69, 9.17) is 11.6 Å². The molecule has 1 fully saturated rings. The van der Waals surface area contributed by atoms with Crippen molar-refractivity contribution in [1.29, 1.82) is 0 Å². The SMILES string of the molecule is O=C(NCc1ccccc1)N1CCN(C(=O)c2cccc(Cl)c2)CC1. The monoisotopic (exact) mass is 357 g/mol. The molecule has 25 heavy (non-hydrogen) atoms. The fourth-order valence-electron chi connectivity index (χ4n) is 2.80. The molecule has 1 saturated heterocycles. The third-order valence-electron chi connectivity index (χ3n) is 4.21. The number of amides is 3. The lowest BCUT2D eigenvalue weighted by Gasteiger charge is -2.34. The number of benzene rings is 2. The van der Waals surface area contributed by atoms with Gasteiger partial charge in [-0.05, 0) is 23.8 Å². The fourth-order valence-corrected chi connectivity index (χ4v) is 2.99. The first-order chi connectivity index (χ1) is 12.1. The third kappa shape index (κ3) is 4.51. The van der Waals surface area contributed by atoms with Crippen LogP contribution < -0.4 is 5.32 Å². The minimum Gasteiger partial charge on any atom is -0.335 e. The van der Waals surface area contributed by atoms with Gasteiger partial charge in [-0.2, -0.15) is 0 Å². The van der Waals surface area contributed by atoms with Crippen molar-refractivity contribution in [3.8, 4) is 0 Å². The summed E-state index contributed by atoms with van der Waals surface area (Å²) in [5, 5.41) is 3.46. The number of carbonyl (C=O) groups is 2. The van der Waals surface area contributed by atoms with E-state index < -0.39 is 0 Å². The Balaban J connectivity index is 1.49. The number of piperazine rings is 1. The van der Waals surface area contributed by atoms with Gasteiger partial charge < -0.3 is 15.1 Å². The third-order valence-corrected chi connectivity index (χ3v) is 4.45. The summed E-state index contributed by atoms with van der Waals surface area (Å²) in [4.78, 5) is 28.2. The van der Waals surface area contributed by atoms with Crippen molar-refractivity contribution >= 4 is 23.5 Å². The van der Waals surface area contributed by atoms with E-state index in [-0.39, 0.29) is 11.9 Å². The van der Waals surface area contributed by atoms with Gasteiger partial charge in [-0.3, -0.25) is 4.79 Å². The Morgan fingerprint density at radius 2 is 1.60 bits per heavy atom. The molecule has 0 radical (unpaired) electrons. The van der Waals surface area contributed by atoms with Gasteiger partial charge in [0.05, 0.1) is 0 Å². The van der Waals surface area contributed by atoms with Crippen LogP contribution in [0.1, 0.15) is 15.9 Å². The Labute approximate surface area is 152 Å². The van der Waals surface area contributed by atoms with Crippen molar-refractivity contribution in [1.82, 2.24) is 15.1 Å². The van der Waals surface area contributed by atoms with E-state index in [2.05, 4.69) is 5.32 Å². The number of urea groups is 1. The van der Waals surface area contributed by atoms with E-state index in [1.54, 1.807) is 34.1 Å². The first-order valence-corrected chi connectivity index (χ1v) is 8.63. The molecule has 2 aromatic rings. The van der Waals surface area contributed by atoms with E-state index in [0.717, 1.165) is 5.56 Å². The minimum atomic E-state index is -0.0984. The van der Waals surface area contributed by atoms with E-state index in [1.165, 1.54) is 0 Å². The second-order valence-corrected chi connectivity index (χ2v) is 6.37. The second kappa shape index (κ2) is 8.03. The van der Waals surface area contributed by atoms with Crippen molar-refractivity contribution in [2.45, 2.75) is 6.54 Å². The zero-order valence-electron chi connectivity index (χ0n) is 13.8. The molecule has 3 rings (SSSR count). The average Bonchev–Trinajstić information content (AvgIpc) is 2.66. The first kappa shape index (κ1) is 17.3. The maximum Gasteiger partial charge on any atom is 0.317 e. The topological polar surface area (TPSA) is 52.7 Å². The van der Waals surface area contributed by atoms with Crippen molar-refractivity contribution in [3.63, 3.8) is 0 Å². The van der Waals surface area contributed by atoms with Gasteiger partial charge in [0.1, 0.15) is 0 Å². The average molecular weight is 358 g/mol. The second-order valence-electron chi connectivity index (χ2n) is 5.93. The molecule has 0 aliphatic carbocycles. The Hall–Kier alpha value is -2.53. The van der Waals surface area contributed by atoms with E-state index in [0.29, 0.717) is 43.3 Å². The largest absolute Gasteiger partial charge is 0.335 e. The van der Waals surface area contributed by atoms with Gasteiger partial charge in [-0.25, -0.2) is 4.79 Å². The molecule has 5 nitrogen and oxygen atoms in total. The molecule has 0 saturated carbocycles. The van der Waals surface area contributed by atoms with E-state index in [9.17, 15) is 9.59 Å². The summed E-state index contributed by atoms with van der Waals surface area (Å²) < 4.78 is 0. The molecule has 0 aromatic heterocycles. The van der Waals surface area contributed by atoms with Crippen molar-refractivity contribution in [2.24, 2.45) is 0 Å². The highest BCUT2D eigenvalue weighted by atomic mass is 35.5. The zero-order chi connectivity index (χ0) is 17.6. The molecule has 0 atom stereocenters. The van der Waals surface area contributed by atoms with Crippen LogP contribution in [0.4, 0.5) is 4.79 Å². The Morgan fingerprint density at radius 3 is 2.28 bits per heavy atom. The van der Waals surface area contributed by atoms with Gasteiger partial charge in [0.2, 0.25) is 0 Å². The van der Waals surface area contributed by atoms with Crippen LogP contribution in [0.2, 0.25) is 5.02 Å². The molecule has 1 aliphatic heterocycles. The first-order valence-electron chi connectivity index (χ1n) is 8.25. The molecule has 2 aromatic carbocycles. The van der Waals surface area contributed by atoms with E-state index in [1.807, 2.05) is 30.3 Å². The lowest BCUT2D eigenvalue weighted by Crippen LogP contribution is -2.53. The Bertz CT molecular complexity index is 743. The number of nitrogens with one attached hydrogen (secondary N) is 1. The quantitative estimate of drug-likeness (QED) is 0.918. The van der Waals surface area contributed by atoms with Gasteiger partial charge in [-0.1, -0.05) is 48.0 Å². The molecule has 1 aliphatic rings. The highest BCUT2D eigenvalue weighted by Crippen LogP contribution is 2.14. The van der Waals surface area contributed by atoms with Crippen LogP contribution in [-0.2, 0) is 6.54 Å². The molecule has 130 valence electrons. The molecule has 6 heteroatoms. The summed E-state index contributed by atoms with van der Waals surface area (Å²) in [6.07, 6.45) is 0. The Morgan fingerprint density at radius 1 is 0.920 bits per heavy atom. The molecule has 0 spiro atoms. The summed E-state index contributed by atoms with van der Waals surface area (Å²) in [6, 6.07) is 16.6. The number of hydrogen-bond acceptors (Lipinski definition) is 2. The highest BCUT2D eigenvalue weighted by molar-refractivity contribution is 6.30. The number of halogens is 1. The summed E-state index contributed by atoms with van der Waals surface area (Å²) in [7, 11) is 0. The number of hydrogen-bond donors (Lipinski definition) is 1. The normalized spacial score (nSPS) is 14.3. The predicted octanol–water partition coefficient (Wildman–Crippen LogP) is 3.01. The summed E-state index contributed by atoms with van der Waals surface area (Å²) in [5.41, 5.74) is 1.64. The molecule has 1 heterocycles. The van der Waals surface area contributed by atoms with Gasteiger partial charge in [0, 0.05) is 43.3 Å². The molecular formula is C19H20ClN3O2. The van der Waals surface area contributed by atoms with Crippen molar-refractivity contribution < 1.29 is 9.59 Å². The summed E-state index contributed by atoms with van der Waals surface area (Å²) in [5.74, 6) is -0.0492.